The minimum Gasteiger partial charge on any atom is -0.484 e. The van der Waals surface area contributed by atoms with Gasteiger partial charge in [0, 0.05) is 22.6 Å². The molecule has 1 atom stereocenters. The predicted octanol–water partition coefficient (Wildman–Crippen LogP) is 3.04. The van der Waals surface area contributed by atoms with Crippen LogP contribution < -0.4 is 4.74 Å². The lowest BCUT2D eigenvalue weighted by molar-refractivity contribution is -0.135. The summed E-state index contributed by atoms with van der Waals surface area (Å²) in [5, 5.41) is 0.844. The van der Waals surface area contributed by atoms with Gasteiger partial charge in [-0.3, -0.25) is 4.79 Å². The van der Waals surface area contributed by atoms with E-state index in [1.54, 1.807) is 23.1 Å². The van der Waals surface area contributed by atoms with Gasteiger partial charge in [-0.05, 0) is 30.5 Å². The van der Waals surface area contributed by atoms with Gasteiger partial charge < -0.3 is 9.64 Å². The van der Waals surface area contributed by atoms with E-state index in [0.29, 0.717) is 28.8 Å². The number of carbonyl (C=O) groups excluding carboxylic acids is 1. The maximum absolute atomic E-state index is 12.6. The zero-order valence-electron chi connectivity index (χ0n) is 13.7. The highest BCUT2D eigenvalue weighted by molar-refractivity contribution is 7.91. The van der Waals surface area contributed by atoms with Crippen molar-refractivity contribution in [2.45, 2.75) is 26.3 Å². The molecule has 8 heteroatoms. The molecule has 24 heavy (non-hydrogen) atoms. The summed E-state index contributed by atoms with van der Waals surface area (Å²) in [6, 6.07) is 4.45. The monoisotopic (exact) mass is 393 g/mol. The molecule has 0 radical (unpaired) electrons. The molecule has 1 aromatic carbocycles. The third kappa shape index (κ3) is 5.53. The third-order valence-electron chi connectivity index (χ3n) is 3.73. The lowest BCUT2D eigenvalue weighted by atomic mass is 10.1. The van der Waals surface area contributed by atoms with E-state index in [2.05, 4.69) is 0 Å². The van der Waals surface area contributed by atoms with E-state index < -0.39 is 9.84 Å². The van der Waals surface area contributed by atoms with Crippen LogP contribution in [-0.4, -0.2) is 49.9 Å². The van der Waals surface area contributed by atoms with Crippen molar-refractivity contribution in [3.8, 4) is 5.75 Å². The molecule has 0 N–H and O–H groups in total. The number of carbonyl (C=O) groups is 1. The highest BCUT2D eigenvalue weighted by Gasteiger charge is 2.34. The Kier molecular flexibility index (Phi) is 6.39. The maximum Gasteiger partial charge on any atom is 0.260 e. The van der Waals surface area contributed by atoms with Crippen LogP contribution in [-0.2, 0) is 14.6 Å². The molecule has 1 saturated heterocycles. The Morgan fingerprint density at radius 2 is 1.92 bits per heavy atom. The molecule has 5 nitrogen and oxygen atoms in total. The first kappa shape index (κ1) is 19.3. The van der Waals surface area contributed by atoms with E-state index in [1.165, 1.54) is 0 Å². The molecule has 1 heterocycles. The number of benzene rings is 1. The molecule has 1 aromatic rings. The van der Waals surface area contributed by atoms with E-state index in [0.717, 1.165) is 0 Å². The Morgan fingerprint density at radius 1 is 1.29 bits per heavy atom. The molecule has 1 unspecified atom stereocenters. The summed E-state index contributed by atoms with van der Waals surface area (Å²) < 4.78 is 28.9. The van der Waals surface area contributed by atoms with Gasteiger partial charge in [0.25, 0.3) is 5.91 Å². The summed E-state index contributed by atoms with van der Waals surface area (Å²) in [6.07, 6.45) is 0.476. The number of rotatable bonds is 6. The molecule has 0 bridgehead atoms. The summed E-state index contributed by atoms with van der Waals surface area (Å²) in [7, 11) is -3.06. The van der Waals surface area contributed by atoms with Crippen LogP contribution in [0.25, 0.3) is 0 Å². The van der Waals surface area contributed by atoms with Gasteiger partial charge >= 0.3 is 0 Å². The Balaban J connectivity index is 2.04. The average molecular weight is 394 g/mol. The van der Waals surface area contributed by atoms with Crippen molar-refractivity contribution in [3.63, 3.8) is 0 Å². The van der Waals surface area contributed by atoms with Gasteiger partial charge in [-0.25, -0.2) is 8.42 Å². The lowest BCUT2D eigenvalue weighted by Gasteiger charge is -2.30. The van der Waals surface area contributed by atoms with Gasteiger partial charge in [-0.1, -0.05) is 37.0 Å². The van der Waals surface area contributed by atoms with Crippen LogP contribution in [0.2, 0.25) is 10.0 Å². The highest BCUT2D eigenvalue weighted by atomic mass is 35.5. The average Bonchev–Trinajstić information content (AvgIpc) is 2.81. The van der Waals surface area contributed by atoms with Crippen molar-refractivity contribution in [1.82, 2.24) is 4.90 Å². The Bertz CT molecular complexity index is 686. The van der Waals surface area contributed by atoms with Gasteiger partial charge in [0.15, 0.2) is 16.4 Å². The van der Waals surface area contributed by atoms with Gasteiger partial charge in [-0.15, -0.1) is 0 Å². The summed E-state index contributed by atoms with van der Waals surface area (Å²) >= 11 is 11.8. The molecule has 1 aliphatic heterocycles. The van der Waals surface area contributed by atoms with Crippen molar-refractivity contribution in [1.29, 1.82) is 0 Å². The lowest BCUT2D eigenvalue weighted by Crippen LogP contribution is -2.45. The molecule has 134 valence electrons. The zero-order valence-corrected chi connectivity index (χ0v) is 16.0. The number of amides is 1. The molecule has 1 fully saturated rings. The Labute approximate surface area is 152 Å². The Morgan fingerprint density at radius 3 is 2.42 bits per heavy atom. The summed E-state index contributed by atoms with van der Waals surface area (Å²) in [6.45, 7) is 4.29. The van der Waals surface area contributed by atoms with Gasteiger partial charge in [-0.2, -0.15) is 0 Å². The van der Waals surface area contributed by atoms with Crippen LogP contribution in [0.3, 0.4) is 0 Å². The Hall–Kier alpha value is -0.980. The SMILES string of the molecule is CC(C)CN(C(=O)COc1cc(Cl)cc(Cl)c1)C1CCS(=O)(=O)C1. The first-order valence-corrected chi connectivity index (χ1v) is 10.3. The largest absolute Gasteiger partial charge is 0.484 e. The molecule has 2 rings (SSSR count). The second kappa shape index (κ2) is 7.93. The molecule has 1 aliphatic rings. The van der Waals surface area contributed by atoms with Crippen molar-refractivity contribution in [2.75, 3.05) is 24.7 Å². The number of halogens is 2. The second-order valence-corrected chi connectivity index (χ2v) is 9.49. The fourth-order valence-electron chi connectivity index (χ4n) is 2.71. The van der Waals surface area contributed by atoms with Gasteiger partial charge in [0.05, 0.1) is 11.5 Å². The molecule has 1 amide bonds. The quantitative estimate of drug-likeness (QED) is 0.744. The number of hydrogen-bond donors (Lipinski definition) is 0. The molecular weight excluding hydrogens is 373 g/mol. The number of sulfone groups is 1. The van der Waals surface area contributed by atoms with Crippen molar-refractivity contribution >= 4 is 38.9 Å². The highest BCUT2D eigenvalue weighted by Crippen LogP contribution is 2.25. The summed E-state index contributed by atoms with van der Waals surface area (Å²) in [5.41, 5.74) is 0. The summed E-state index contributed by atoms with van der Waals surface area (Å²) in [4.78, 5) is 14.2. The van der Waals surface area contributed by atoms with E-state index >= 15 is 0 Å². The van der Waals surface area contributed by atoms with Crippen LogP contribution >= 0.6 is 23.2 Å². The molecular formula is C16H21Cl2NO4S. The smallest absolute Gasteiger partial charge is 0.260 e. The van der Waals surface area contributed by atoms with Gasteiger partial charge in [0.1, 0.15) is 5.75 Å². The van der Waals surface area contributed by atoms with Crippen molar-refractivity contribution in [3.05, 3.63) is 28.2 Å². The van der Waals surface area contributed by atoms with E-state index in [9.17, 15) is 13.2 Å². The minimum absolute atomic E-state index is 0.0223. The topological polar surface area (TPSA) is 63.7 Å². The van der Waals surface area contributed by atoms with Gasteiger partial charge in [0.2, 0.25) is 0 Å². The standard InChI is InChI=1S/C16H21Cl2NO4S/c1-11(2)8-19(14-3-4-24(21,22)10-14)16(20)9-23-15-6-12(17)5-13(18)7-15/h5-7,11,14H,3-4,8-10H2,1-2H3. The van der Waals surface area contributed by atoms with E-state index in [-0.39, 0.29) is 36.0 Å². The van der Waals surface area contributed by atoms with Crippen LogP contribution in [0.4, 0.5) is 0 Å². The molecule has 0 saturated carbocycles. The number of ether oxygens (including phenoxy) is 1. The van der Waals surface area contributed by atoms with Crippen LogP contribution in [0.15, 0.2) is 18.2 Å². The molecule has 0 spiro atoms. The second-order valence-electron chi connectivity index (χ2n) is 6.39. The third-order valence-corrected chi connectivity index (χ3v) is 5.92. The van der Waals surface area contributed by atoms with Crippen LogP contribution in [0, 0.1) is 5.92 Å². The summed E-state index contributed by atoms with van der Waals surface area (Å²) in [5.74, 6) is 0.558. The van der Waals surface area contributed by atoms with Crippen molar-refractivity contribution < 1.29 is 17.9 Å². The van der Waals surface area contributed by atoms with Crippen molar-refractivity contribution in [2.24, 2.45) is 5.92 Å². The normalized spacial score (nSPS) is 19.5. The van der Waals surface area contributed by atoms with E-state index in [4.69, 9.17) is 27.9 Å². The number of hydrogen-bond acceptors (Lipinski definition) is 4. The van der Waals surface area contributed by atoms with Crippen LogP contribution in [0.1, 0.15) is 20.3 Å². The molecule has 0 aromatic heterocycles. The maximum atomic E-state index is 12.6. The zero-order chi connectivity index (χ0) is 17.9. The first-order chi connectivity index (χ1) is 11.2. The fraction of sp³-hybridized carbons (Fsp3) is 0.562. The van der Waals surface area contributed by atoms with E-state index in [1.807, 2.05) is 13.8 Å². The predicted molar refractivity (Wildman–Crippen MR) is 95.6 cm³/mol. The van der Waals surface area contributed by atoms with Crippen LogP contribution in [0.5, 0.6) is 5.75 Å². The molecule has 0 aliphatic carbocycles. The number of nitrogens with zero attached hydrogens (tertiary/aromatic N) is 1. The fourth-order valence-corrected chi connectivity index (χ4v) is 4.95. The first-order valence-electron chi connectivity index (χ1n) is 7.75. The minimum atomic E-state index is -3.06.